The Kier molecular flexibility index (Phi) is 5.51. The van der Waals surface area contributed by atoms with Gasteiger partial charge in [0.2, 0.25) is 0 Å². The molecule has 0 radical (unpaired) electrons. The van der Waals surface area contributed by atoms with E-state index in [1.54, 1.807) is 5.48 Å². The van der Waals surface area contributed by atoms with Crippen LogP contribution in [0.2, 0.25) is 0 Å². The van der Waals surface area contributed by atoms with Crippen molar-refractivity contribution in [2.75, 3.05) is 12.3 Å². The van der Waals surface area contributed by atoms with Crippen molar-refractivity contribution in [2.45, 2.75) is 6.42 Å². The summed E-state index contributed by atoms with van der Waals surface area (Å²) in [7, 11) is 0. The molecular formula is C3H8NOS-. The molecule has 0 amide bonds. The summed E-state index contributed by atoms with van der Waals surface area (Å²) in [6.45, 7) is 0.531. The molecule has 0 aromatic heterocycles. The van der Waals surface area contributed by atoms with Gasteiger partial charge in [-0.25, -0.2) is 0 Å². The topological polar surface area (TPSA) is 35.1 Å². The second-order valence-electron chi connectivity index (χ2n) is 0.971. The molecule has 0 saturated heterocycles. The lowest BCUT2D eigenvalue weighted by Gasteiger charge is -2.02. The average molecular weight is 106 g/mol. The van der Waals surface area contributed by atoms with E-state index in [1.807, 2.05) is 0 Å². The minimum atomic E-state index is 0.531. The molecule has 0 aromatic rings. The predicted molar refractivity (Wildman–Crippen MR) is 29.8 cm³/mol. The molecule has 2 nitrogen and oxygen atoms in total. The Morgan fingerprint density at radius 2 is 2.33 bits per heavy atom. The highest BCUT2D eigenvalue weighted by Crippen LogP contribution is 1.77. The average Bonchev–Trinajstić information content (AvgIpc) is 1.61. The molecule has 0 rings (SSSR count). The summed E-state index contributed by atoms with van der Waals surface area (Å²) >= 11 is 3.88. The SMILES string of the molecule is [O-]NCCCS. The molecule has 0 spiro atoms. The van der Waals surface area contributed by atoms with Gasteiger partial charge >= 0.3 is 0 Å². The van der Waals surface area contributed by atoms with E-state index in [-0.39, 0.29) is 0 Å². The van der Waals surface area contributed by atoms with Gasteiger partial charge in [0.1, 0.15) is 0 Å². The molecule has 0 aliphatic heterocycles. The summed E-state index contributed by atoms with van der Waals surface area (Å²) in [6.07, 6.45) is 0.854. The van der Waals surface area contributed by atoms with Gasteiger partial charge in [-0.2, -0.15) is 12.6 Å². The van der Waals surface area contributed by atoms with Crippen molar-refractivity contribution < 1.29 is 0 Å². The zero-order valence-corrected chi connectivity index (χ0v) is 4.37. The second-order valence-corrected chi connectivity index (χ2v) is 1.42. The molecule has 0 fully saturated rings. The largest absolute Gasteiger partial charge is 0.788 e. The summed E-state index contributed by atoms with van der Waals surface area (Å²) in [4.78, 5) is 0. The van der Waals surface area contributed by atoms with E-state index >= 15 is 0 Å². The lowest BCUT2D eigenvalue weighted by atomic mass is 10.5. The molecular weight excluding hydrogens is 98.1 g/mol. The Labute approximate surface area is 42.9 Å². The molecule has 0 aliphatic rings. The minimum Gasteiger partial charge on any atom is -0.788 e. The summed E-state index contributed by atoms with van der Waals surface area (Å²) in [6, 6.07) is 0. The van der Waals surface area contributed by atoms with Gasteiger partial charge in [-0.05, 0) is 18.7 Å². The van der Waals surface area contributed by atoms with Crippen molar-refractivity contribution in [1.29, 1.82) is 0 Å². The van der Waals surface area contributed by atoms with Crippen LogP contribution in [0.3, 0.4) is 0 Å². The van der Waals surface area contributed by atoms with Gasteiger partial charge in [-0.15, -0.1) is 0 Å². The van der Waals surface area contributed by atoms with Crippen LogP contribution >= 0.6 is 12.6 Å². The Hall–Kier alpha value is 0.270. The van der Waals surface area contributed by atoms with Crippen LogP contribution in [0.5, 0.6) is 0 Å². The van der Waals surface area contributed by atoms with Crippen molar-refractivity contribution in [2.24, 2.45) is 0 Å². The Morgan fingerprint density at radius 1 is 1.67 bits per heavy atom. The maximum atomic E-state index is 9.40. The molecule has 0 bridgehead atoms. The van der Waals surface area contributed by atoms with Crippen LogP contribution in [-0.2, 0) is 0 Å². The third-order valence-electron chi connectivity index (χ3n) is 0.437. The van der Waals surface area contributed by atoms with Crippen LogP contribution in [-0.4, -0.2) is 12.3 Å². The number of hydrogen-bond acceptors (Lipinski definition) is 3. The van der Waals surface area contributed by atoms with E-state index in [0.29, 0.717) is 6.54 Å². The van der Waals surface area contributed by atoms with E-state index in [4.69, 9.17) is 0 Å². The van der Waals surface area contributed by atoms with Crippen molar-refractivity contribution in [3.63, 3.8) is 0 Å². The van der Waals surface area contributed by atoms with E-state index in [9.17, 15) is 5.21 Å². The molecule has 0 atom stereocenters. The number of rotatable bonds is 3. The summed E-state index contributed by atoms with van der Waals surface area (Å²) < 4.78 is 0. The lowest BCUT2D eigenvalue weighted by Crippen LogP contribution is -2.04. The monoisotopic (exact) mass is 106 g/mol. The molecule has 0 heterocycles. The van der Waals surface area contributed by atoms with Crippen LogP contribution in [0.25, 0.3) is 0 Å². The Balaban J connectivity index is 2.34. The van der Waals surface area contributed by atoms with Crippen LogP contribution in [0, 0.1) is 5.21 Å². The van der Waals surface area contributed by atoms with Gasteiger partial charge in [-0.1, -0.05) is 0 Å². The van der Waals surface area contributed by atoms with Crippen LogP contribution in [0.4, 0.5) is 0 Å². The van der Waals surface area contributed by atoms with Gasteiger partial charge in [0.15, 0.2) is 0 Å². The van der Waals surface area contributed by atoms with Gasteiger partial charge in [0.25, 0.3) is 0 Å². The first-order valence-corrected chi connectivity index (χ1v) is 2.51. The molecule has 38 valence electrons. The maximum Gasteiger partial charge on any atom is -0.00861 e. The second kappa shape index (κ2) is 5.27. The highest BCUT2D eigenvalue weighted by molar-refractivity contribution is 7.80. The normalized spacial score (nSPS) is 9.00. The van der Waals surface area contributed by atoms with Crippen LogP contribution in [0.15, 0.2) is 0 Å². The molecule has 0 aromatic carbocycles. The highest BCUT2D eigenvalue weighted by Gasteiger charge is 1.70. The standard InChI is InChI=1S/C3H8NOS/c5-4-2-1-3-6/h4,6H,1-3H2/q-1. The zero-order valence-electron chi connectivity index (χ0n) is 3.48. The number of hydroxylamine groups is 1. The molecule has 6 heavy (non-hydrogen) atoms. The first-order chi connectivity index (χ1) is 2.91. The van der Waals surface area contributed by atoms with E-state index in [2.05, 4.69) is 12.6 Å². The Morgan fingerprint density at radius 3 is 2.50 bits per heavy atom. The quantitative estimate of drug-likeness (QED) is 0.310. The van der Waals surface area contributed by atoms with Gasteiger partial charge in [-0.3, -0.25) is 0 Å². The first-order valence-electron chi connectivity index (χ1n) is 1.87. The molecule has 1 N–H and O–H groups in total. The van der Waals surface area contributed by atoms with Crippen molar-refractivity contribution in [1.82, 2.24) is 5.48 Å². The minimum absolute atomic E-state index is 0.531. The van der Waals surface area contributed by atoms with Crippen molar-refractivity contribution in [3.05, 3.63) is 5.21 Å². The number of hydrogen-bond donors (Lipinski definition) is 2. The van der Waals surface area contributed by atoms with Gasteiger partial charge in [0.05, 0.1) is 0 Å². The molecule has 0 unspecified atom stereocenters. The molecule has 0 aliphatic carbocycles. The van der Waals surface area contributed by atoms with Crippen molar-refractivity contribution >= 4 is 12.6 Å². The molecule has 0 saturated carbocycles. The third-order valence-corrected chi connectivity index (χ3v) is 0.753. The van der Waals surface area contributed by atoms with Gasteiger partial charge < -0.3 is 10.7 Å². The third kappa shape index (κ3) is 4.27. The smallest absolute Gasteiger partial charge is 0.00861 e. The predicted octanol–water partition coefficient (Wildman–Crippen LogP) is 0.394. The van der Waals surface area contributed by atoms with Crippen molar-refractivity contribution in [3.8, 4) is 0 Å². The van der Waals surface area contributed by atoms with Crippen LogP contribution < -0.4 is 5.48 Å². The molecule has 3 heteroatoms. The lowest BCUT2D eigenvalue weighted by molar-refractivity contribution is 0.821. The summed E-state index contributed by atoms with van der Waals surface area (Å²) in [5, 5.41) is 9.40. The Bertz CT molecular complexity index is 22.8. The van der Waals surface area contributed by atoms with E-state index < -0.39 is 0 Å². The highest BCUT2D eigenvalue weighted by atomic mass is 32.1. The first kappa shape index (κ1) is 6.27. The fourth-order valence-corrected chi connectivity index (χ4v) is 0.309. The number of thiol groups is 1. The fraction of sp³-hybridized carbons (Fsp3) is 1.00. The summed E-state index contributed by atoms with van der Waals surface area (Å²) in [5.74, 6) is 0.787. The summed E-state index contributed by atoms with van der Waals surface area (Å²) in [5.41, 5.74) is 1.77. The maximum absolute atomic E-state index is 9.40. The van der Waals surface area contributed by atoms with Gasteiger partial charge in [0, 0.05) is 0 Å². The van der Waals surface area contributed by atoms with E-state index in [0.717, 1.165) is 12.2 Å². The number of nitrogens with one attached hydrogen (secondary N) is 1. The van der Waals surface area contributed by atoms with E-state index in [1.165, 1.54) is 0 Å². The van der Waals surface area contributed by atoms with Crippen LogP contribution in [0.1, 0.15) is 6.42 Å². The zero-order chi connectivity index (χ0) is 4.83. The fourth-order valence-electron chi connectivity index (χ4n) is 0.151.